The zero-order chi connectivity index (χ0) is 14.3. The Morgan fingerprint density at radius 2 is 2.05 bits per heavy atom. The number of hydrogen-bond donors (Lipinski definition) is 1. The van der Waals surface area contributed by atoms with Crippen molar-refractivity contribution in [2.75, 3.05) is 5.32 Å². The van der Waals surface area contributed by atoms with Gasteiger partial charge in [0.2, 0.25) is 0 Å². The fourth-order valence-corrected chi connectivity index (χ4v) is 2.42. The number of hydrogen-bond acceptors (Lipinski definition) is 2. The van der Waals surface area contributed by atoms with E-state index in [2.05, 4.69) is 10.4 Å². The predicted octanol–water partition coefficient (Wildman–Crippen LogP) is 2.47. The largest absolute Gasteiger partial charge is 0.350 e. The Kier molecular flexibility index (Phi) is 2.82. The molecule has 0 radical (unpaired) electrons. The lowest BCUT2D eigenvalue weighted by molar-refractivity contribution is 0.101. The third kappa shape index (κ3) is 1.97. The van der Waals surface area contributed by atoms with E-state index in [0.717, 1.165) is 22.3 Å². The number of anilines is 1. The van der Waals surface area contributed by atoms with Gasteiger partial charge in [0, 0.05) is 31.2 Å². The molecular weight excluding hydrogens is 252 g/mol. The Morgan fingerprint density at radius 1 is 1.25 bits per heavy atom. The summed E-state index contributed by atoms with van der Waals surface area (Å²) in [5.41, 5.74) is 3.28. The van der Waals surface area contributed by atoms with Gasteiger partial charge in [-0.2, -0.15) is 5.10 Å². The minimum absolute atomic E-state index is 0.149. The molecule has 2 aromatic heterocycles. The standard InChI is InChI=1S/C15H16N4O/c1-10-9-14(19(3)17-10)15(20)16-12-5-4-6-13-11(12)7-8-18(13)2/h4-9H,1-3H3,(H,16,20). The van der Waals surface area contributed by atoms with E-state index in [0.29, 0.717) is 5.69 Å². The summed E-state index contributed by atoms with van der Waals surface area (Å²) in [6, 6.07) is 9.65. The minimum Gasteiger partial charge on any atom is -0.350 e. The molecule has 0 bridgehead atoms. The SMILES string of the molecule is Cc1cc(C(=O)Nc2cccc3c2ccn3C)n(C)n1. The maximum Gasteiger partial charge on any atom is 0.273 e. The molecule has 20 heavy (non-hydrogen) atoms. The molecule has 0 aliphatic carbocycles. The molecule has 0 atom stereocenters. The van der Waals surface area contributed by atoms with Crippen LogP contribution in [0.2, 0.25) is 0 Å². The molecule has 0 unspecified atom stereocenters. The second kappa shape index (κ2) is 4.52. The van der Waals surface area contributed by atoms with Crippen molar-refractivity contribution in [3.05, 3.63) is 47.9 Å². The number of aromatic nitrogens is 3. The highest BCUT2D eigenvalue weighted by Gasteiger charge is 2.13. The minimum atomic E-state index is -0.149. The van der Waals surface area contributed by atoms with Crippen LogP contribution in [0, 0.1) is 6.92 Å². The molecule has 0 saturated carbocycles. The number of benzene rings is 1. The first-order valence-corrected chi connectivity index (χ1v) is 6.42. The Bertz CT molecular complexity index is 797. The number of fused-ring (bicyclic) bond motifs is 1. The van der Waals surface area contributed by atoms with Crippen LogP contribution in [-0.4, -0.2) is 20.3 Å². The van der Waals surface area contributed by atoms with E-state index >= 15 is 0 Å². The Labute approximate surface area is 116 Å². The van der Waals surface area contributed by atoms with Gasteiger partial charge >= 0.3 is 0 Å². The molecule has 0 aliphatic rings. The second-order valence-electron chi connectivity index (χ2n) is 4.91. The molecule has 0 fully saturated rings. The van der Waals surface area contributed by atoms with Crippen molar-refractivity contribution in [2.24, 2.45) is 14.1 Å². The molecule has 0 saturated heterocycles. The highest BCUT2D eigenvalue weighted by atomic mass is 16.2. The zero-order valence-electron chi connectivity index (χ0n) is 11.7. The lowest BCUT2D eigenvalue weighted by Crippen LogP contribution is -2.16. The van der Waals surface area contributed by atoms with Crippen LogP contribution in [-0.2, 0) is 14.1 Å². The van der Waals surface area contributed by atoms with Crippen molar-refractivity contribution >= 4 is 22.5 Å². The number of carbonyl (C=O) groups excluding carboxylic acids is 1. The van der Waals surface area contributed by atoms with Crippen molar-refractivity contribution in [1.29, 1.82) is 0 Å². The first-order chi connectivity index (χ1) is 9.56. The number of carbonyl (C=O) groups is 1. The van der Waals surface area contributed by atoms with Gasteiger partial charge in [0.15, 0.2) is 0 Å². The van der Waals surface area contributed by atoms with Gasteiger partial charge in [0.25, 0.3) is 5.91 Å². The number of nitrogens with zero attached hydrogens (tertiary/aromatic N) is 3. The lowest BCUT2D eigenvalue weighted by atomic mass is 10.2. The summed E-state index contributed by atoms with van der Waals surface area (Å²) in [5.74, 6) is -0.149. The van der Waals surface area contributed by atoms with Crippen molar-refractivity contribution in [3.8, 4) is 0 Å². The molecule has 0 aliphatic heterocycles. The Balaban J connectivity index is 1.97. The fourth-order valence-electron chi connectivity index (χ4n) is 2.42. The molecule has 5 nitrogen and oxygen atoms in total. The average Bonchev–Trinajstić information content (AvgIpc) is 2.94. The number of aryl methyl sites for hydroxylation is 3. The molecule has 3 rings (SSSR count). The van der Waals surface area contributed by atoms with Gasteiger partial charge < -0.3 is 9.88 Å². The monoisotopic (exact) mass is 268 g/mol. The zero-order valence-corrected chi connectivity index (χ0v) is 11.7. The maximum absolute atomic E-state index is 12.3. The highest BCUT2D eigenvalue weighted by Crippen LogP contribution is 2.24. The van der Waals surface area contributed by atoms with Gasteiger partial charge in [-0.15, -0.1) is 0 Å². The van der Waals surface area contributed by atoms with Crippen LogP contribution >= 0.6 is 0 Å². The van der Waals surface area contributed by atoms with Crippen LogP contribution in [0.3, 0.4) is 0 Å². The number of amides is 1. The summed E-state index contributed by atoms with van der Waals surface area (Å²) >= 11 is 0. The highest BCUT2D eigenvalue weighted by molar-refractivity contribution is 6.08. The van der Waals surface area contributed by atoms with Crippen LogP contribution in [0.15, 0.2) is 36.5 Å². The van der Waals surface area contributed by atoms with Crippen LogP contribution in [0.25, 0.3) is 10.9 Å². The van der Waals surface area contributed by atoms with Crippen LogP contribution in [0.1, 0.15) is 16.2 Å². The summed E-state index contributed by atoms with van der Waals surface area (Å²) in [6.07, 6.45) is 1.98. The van der Waals surface area contributed by atoms with Gasteiger partial charge in [0.1, 0.15) is 5.69 Å². The number of rotatable bonds is 2. The van der Waals surface area contributed by atoms with Gasteiger partial charge in [-0.25, -0.2) is 0 Å². The average molecular weight is 268 g/mol. The fraction of sp³-hybridized carbons (Fsp3) is 0.200. The first kappa shape index (κ1) is 12.5. The maximum atomic E-state index is 12.3. The number of nitrogens with one attached hydrogen (secondary N) is 1. The van der Waals surface area contributed by atoms with Gasteiger partial charge in [-0.3, -0.25) is 9.48 Å². The second-order valence-corrected chi connectivity index (χ2v) is 4.91. The molecule has 5 heteroatoms. The van der Waals surface area contributed by atoms with Gasteiger partial charge in [-0.1, -0.05) is 6.07 Å². The van der Waals surface area contributed by atoms with Crippen LogP contribution in [0.4, 0.5) is 5.69 Å². The summed E-state index contributed by atoms with van der Waals surface area (Å²) in [6.45, 7) is 1.87. The van der Waals surface area contributed by atoms with E-state index in [1.807, 2.05) is 49.0 Å². The Morgan fingerprint density at radius 3 is 2.75 bits per heavy atom. The van der Waals surface area contributed by atoms with Crippen molar-refractivity contribution < 1.29 is 4.79 Å². The molecule has 1 aromatic carbocycles. The third-order valence-electron chi connectivity index (χ3n) is 3.41. The summed E-state index contributed by atoms with van der Waals surface area (Å²) in [7, 11) is 3.75. The van der Waals surface area contributed by atoms with Crippen molar-refractivity contribution in [3.63, 3.8) is 0 Å². The first-order valence-electron chi connectivity index (χ1n) is 6.42. The molecule has 1 N–H and O–H groups in total. The molecule has 0 spiro atoms. The van der Waals surface area contributed by atoms with Crippen molar-refractivity contribution in [2.45, 2.75) is 6.92 Å². The summed E-state index contributed by atoms with van der Waals surface area (Å²) < 4.78 is 3.62. The molecule has 102 valence electrons. The van der Waals surface area contributed by atoms with E-state index in [1.54, 1.807) is 17.8 Å². The topological polar surface area (TPSA) is 51.9 Å². The molecule has 3 aromatic rings. The Hall–Kier alpha value is -2.56. The van der Waals surface area contributed by atoms with Crippen molar-refractivity contribution in [1.82, 2.24) is 14.3 Å². The molecule has 1 amide bonds. The summed E-state index contributed by atoms with van der Waals surface area (Å²) in [5, 5.41) is 8.18. The van der Waals surface area contributed by atoms with E-state index in [-0.39, 0.29) is 5.91 Å². The van der Waals surface area contributed by atoms with E-state index in [1.165, 1.54) is 0 Å². The van der Waals surface area contributed by atoms with E-state index in [9.17, 15) is 4.79 Å². The van der Waals surface area contributed by atoms with Gasteiger partial charge in [-0.05, 0) is 31.2 Å². The predicted molar refractivity (Wildman–Crippen MR) is 78.8 cm³/mol. The van der Waals surface area contributed by atoms with E-state index in [4.69, 9.17) is 0 Å². The summed E-state index contributed by atoms with van der Waals surface area (Å²) in [4.78, 5) is 12.3. The quantitative estimate of drug-likeness (QED) is 0.776. The smallest absolute Gasteiger partial charge is 0.273 e. The molecular formula is C15H16N4O. The normalized spacial score (nSPS) is 10.9. The van der Waals surface area contributed by atoms with Gasteiger partial charge in [0.05, 0.1) is 11.4 Å². The lowest BCUT2D eigenvalue weighted by Gasteiger charge is -2.07. The molecule has 2 heterocycles. The van der Waals surface area contributed by atoms with Crippen LogP contribution < -0.4 is 5.32 Å². The third-order valence-corrected chi connectivity index (χ3v) is 3.41. The van der Waals surface area contributed by atoms with Crippen LogP contribution in [0.5, 0.6) is 0 Å². The van der Waals surface area contributed by atoms with E-state index < -0.39 is 0 Å².